The highest BCUT2D eigenvalue weighted by Gasteiger charge is 2.28. The molecule has 10 aromatic rings. The molecule has 10 rings (SSSR count). The van der Waals surface area contributed by atoms with Crippen LogP contribution in [-0.4, -0.2) is 0 Å². The van der Waals surface area contributed by atoms with E-state index in [4.69, 9.17) is 0 Å². The number of hydrogen-bond donors (Lipinski definition) is 0. The van der Waals surface area contributed by atoms with E-state index in [0.29, 0.717) is 0 Å². The zero-order chi connectivity index (χ0) is 50.7. The lowest BCUT2D eigenvalue weighted by Gasteiger charge is -2.32. The van der Waals surface area contributed by atoms with Crippen LogP contribution in [0.5, 0.6) is 0 Å². The lowest BCUT2D eigenvalue weighted by Crippen LogP contribution is -2.19. The first kappa shape index (κ1) is 48.2. The SMILES string of the molecule is CC(C)(C)c1cc(N(c2ccccc2)c2ccc3c(-c4ccccc4)c4cc(N(c5cc(C(C)(C)C)cc(C(C)(C)C)c5)c5cccc6ccccc56)ccc4c(-c4ccccc4)c3c2)cc(C(C)(C)C)c1. The van der Waals surface area contributed by atoms with Crippen LogP contribution in [0.3, 0.4) is 0 Å². The normalized spacial score (nSPS) is 12.4. The first-order valence-electron chi connectivity index (χ1n) is 25.8. The van der Waals surface area contributed by atoms with Crippen LogP contribution in [-0.2, 0) is 21.7 Å². The zero-order valence-electron chi connectivity index (χ0n) is 44.5. The molecule has 10 aromatic carbocycles. The van der Waals surface area contributed by atoms with Crippen LogP contribution in [0.25, 0.3) is 54.6 Å². The maximum atomic E-state index is 2.52. The lowest BCUT2D eigenvalue weighted by molar-refractivity contribution is 0.568. The molecule has 2 heteroatoms. The average Bonchev–Trinajstić information content (AvgIpc) is 3.35. The second-order valence-electron chi connectivity index (χ2n) is 24.0. The van der Waals surface area contributed by atoms with Gasteiger partial charge in [-0.25, -0.2) is 0 Å². The molecule has 0 N–H and O–H groups in total. The molecule has 0 fully saturated rings. The van der Waals surface area contributed by atoms with Crippen LogP contribution in [0.15, 0.2) is 206 Å². The predicted octanol–water partition coefficient (Wildman–Crippen LogP) is 20.6. The summed E-state index contributed by atoms with van der Waals surface area (Å²) < 4.78 is 0. The summed E-state index contributed by atoms with van der Waals surface area (Å²) in [7, 11) is 0. The minimum Gasteiger partial charge on any atom is -0.310 e. The van der Waals surface area contributed by atoms with E-state index in [0.717, 1.165) is 34.1 Å². The molecule has 72 heavy (non-hydrogen) atoms. The van der Waals surface area contributed by atoms with Gasteiger partial charge in [0.1, 0.15) is 0 Å². The third kappa shape index (κ3) is 9.32. The van der Waals surface area contributed by atoms with Gasteiger partial charge >= 0.3 is 0 Å². The third-order valence-corrected chi connectivity index (χ3v) is 14.6. The molecule has 0 aliphatic heterocycles. The van der Waals surface area contributed by atoms with Crippen molar-refractivity contribution in [3.63, 3.8) is 0 Å². The number of fused-ring (bicyclic) bond motifs is 3. The molecule has 0 bridgehead atoms. The topological polar surface area (TPSA) is 6.48 Å². The highest BCUT2D eigenvalue weighted by Crippen LogP contribution is 2.50. The number of hydrogen-bond acceptors (Lipinski definition) is 2. The third-order valence-electron chi connectivity index (χ3n) is 14.6. The summed E-state index contributed by atoms with van der Waals surface area (Å²) in [5.74, 6) is 0. The van der Waals surface area contributed by atoms with Gasteiger partial charge in [-0.1, -0.05) is 223 Å². The molecule has 0 amide bonds. The molecule has 0 aliphatic rings. The van der Waals surface area contributed by atoms with Crippen LogP contribution in [0.1, 0.15) is 105 Å². The van der Waals surface area contributed by atoms with Gasteiger partial charge in [0.15, 0.2) is 0 Å². The van der Waals surface area contributed by atoms with Crippen LogP contribution in [0.4, 0.5) is 34.1 Å². The Morgan fingerprint density at radius 1 is 0.250 bits per heavy atom. The highest BCUT2D eigenvalue weighted by atomic mass is 15.1. The molecule has 0 unspecified atom stereocenters. The fourth-order valence-electron chi connectivity index (χ4n) is 10.4. The monoisotopic (exact) mass is 939 g/mol. The Hall–Kier alpha value is -7.42. The van der Waals surface area contributed by atoms with Crippen molar-refractivity contribution >= 4 is 66.4 Å². The Morgan fingerprint density at radius 2 is 0.625 bits per heavy atom. The van der Waals surface area contributed by atoms with Crippen molar-refractivity contribution in [1.29, 1.82) is 0 Å². The predicted molar refractivity (Wildman–Crippen MR) is 314 cm³/mol. The molecule has 0 radical (unpaired) electrons. The standard InChI is InChI=1S/C70H70N2/c1-67(2,3)50-39-51(68(4,5)6)42-57(41-50)71(54-31-20-15-21-32-54)55-35-37-60-62(45-55)65(48-26-16-13-17-27-48)61-38-36-56(46-63(61)66(60)49-28-18-14-19-29-49)72(64-34-24-30-47-25-22-23-33-59(47)64)58-43-52(69(7,8)9)40-53(44-58)70(10,11)12/h13-46H,1-12H3. The summed E-state index contributed by atoms with van der Waals surface area (Å²) in [5.41, 5.74) is 16.7. The van der Waals surface area contributed by atoms with E-state index >= 15 is 0 Å². The van der Waals surface area contributed by atoms with Crippen LogP contribution in [0.2, 0.25) is 0 Å². The van der Waals surface area contributed by atoms with E-state index in [1.165, 1.54) is 76.8 Å². The van der Waals surface area contributed by atoms with E-state index in [2.05, 4.69) is 299 Å². The Labute approximate surface area is 429 Å². The average molecular weight is 939 g/mol. The number of nitrogens with zero attached hydrogens (tertiary/aromatic N) is 2. The molecule has 2 nitrogen and oxygen atoms in total. The fraction of sp³-hybridized carbons (Fsp3) is 0.229. The molecule has 0 heterocycles. The van der Waals surface area contributed by atoms with E-state index in [9.17, 15) is 0 Å². The summed E-state index contributed by atoms with van der Waals surface area (Å²) in [6, 6.07) is 77.5. The molecule has 0 aromatic heterocycles. The van der Waals surface area contributed by atoms with Crippen molar-refractivity contribution in [3.8, 4) is 22.3 Å². The first-order chi connectivity index (χ1) is 34.2. The molecular formula is C70H70N2. The Morgan fingerprint density at radius 3 is 1.07 bits per heavy atom. The lowest BCUT2D eigenvalue weighted by atomic mass is 9.80. The van der Waals surface area contributed by atoms with E-state index in [1.54, 1.807) is 0 Å². The van der Waals surface area contributed by atoms with Crippen molar-refractivity contribution in [1.82, 2.24) is 0 Å². The Balaban J connectivity index is 1.31. The van der Waals surface area contributed by atoms with Crippen LogP contribution in [0, 0.1) is 0 Å². The van der Waals surface area contributed by atoms with Gasteiger partial charge in [0, 0.05) is 33.8 Å². The molecular weight excluding hydrogens is 869 g/mol. The molecule has 360 valence electrons. The summed E-state index contributed by atoms with van der Waals surface area (Å²) in [6.07, 6.45) is 0. The van der Waals surface area contributed by atoms with E-state index in [1.807, 2.05) is 0 Å². The smallest absolute Gasteiger partial charge is 0.0540 e. The number of para-hydroxylation sites is 1. The first-order valence-corrected chi connectivity index (χ1v) is 25.8. The summed E-state index contributed by atoms with van der Waals surface area (Å²) in [6.45, 7) is 27.9. The van der Waals surface area contributed by atoms with Gasteiger partial charge in [-0.15, -0.1) is 0 Å². The van der Waals surface area contributed by atoms with Crippen LogP contribution >= 0.6 is 0 Å². The van der Waals surface area contributed by atoms with Gasteiger partial charge < -0.3 is 9.80 Å². The van der Waals surface area contributed by atoms with Crippen molar-refractivity contribution in [2.75, 3.05) is 9.80 Å². The molecule has 0 saturated heterocycles. The maximum Gasteiger partial charge on any atom is 0.0540 e. The van der Waals surface area contributed by atoms with Gasteiger partial charge in [0.05, 0.1) is 5.69 Å². The Kier molecular flexibility index (Phi) is 12.3. The number of anilines is 6. The van der Waals surface area contributed by atoms with Gasteiger partial charge in [-0.2, -0.15) is 0 Å². The number of benzene rings is 10. The Bertz CT molecular complexity index is 3520. The molecule has 0 aliphatic carbocycles. The molecule has 0 spiro atoms. The van der Waals surface area contributed by atoms with E-state index in [-0.39, 0.29) is 21.7 Å². The van der Waals surface area contributed by atoms with Gasteiger partial charge in [-0.05, 0) is 160 Å². The van der Waals surface area contributed by atoms with Gasteiger partial charge in [-0.3, -0.25) is 0 Å². The number of rotatable bonds is 8. The minimum atomic E-state index is -0.0625. The molecule has 0 atom stereocenters. The minimum absolute atomic E-state index is 0.0436. The van der Waals surface area contributed by atoms with Gasteiger partial charge in [0.2, 0.25) is 0 Å². The van der Waals surface area contributed by atoms with E-state index < -0.39 is 0 Å². The summed E-state index contributed by atoms with van der Waals surface area (Å²) >= 11 is 0. The van der Waals surface area contributed by atoms with Crippen molar-refractivity contribution in [3.05, 3.63) is 229 Å². The largest absolute Gasteiger partial charge is 0.310 e. The summed E-state index contributed by atoms with van der Waals surface area (Å²) in [5, 5.41) is 7.26. The van der Waals surface area contributed by atoms with Crippen molar-refractivity contribution in [2.24, 2.45) is 0 Å². The summed E-state index contributed by atoms with van der Waals surface area (Å²) in [4.78, 5) is 4.99. The van der Waals surface area contributed by atoms with Crippen LogP contribution < -0.4 is 9.80 Å². The second kappa shape index (κ2) is 18.3. The van der Waals surface area contributed by atoms with Gasteiger partial charge in [0.25, 0.3) is 0 Å². The maximum absolute atomic E-state index is 2.52. The quantitative estimate of drug-likeness (QED) is 0.140. The fourth-order valence-corrected chi connectivity index (χ4v) is 10.4. The van der Waals surface area contributed by atoms with Crippen molar-refractivity contribution in [2.45, 2.75) is 105 Å². The highest BCUT2D eigenvalue weighted by molar-refractivity contribution is 6.23. The second-order valence-corrected chi connectivity index (χ2v) is 24.0. The molecule has 0 saturated carbocycles. The van der Waals surface area contributed by atoms with Crippen molar-refractivity contribution < 1.29 is 0 Å². The zero-order valence-corrected chi connectivity index (χ0v) is 44.5.